The van der Waals surface area contributed by atoms with Crippen LogP contribution < -0.4 is 10.6 Å². The predicted octanol–water partition coefficient (Wildman–Crippen LogP) is 3.64. The maximum atomic E-state index is 5.30. The highest BCUT2D eigenvalue weighted by atomic mass is 32.1. The van der Waals surface area contributed by atoms with Crippen molar-refractivity contribution >= 4 is 23.0 Å². The predicted molar refractivity (Wildman–Crippen MR) is 79.6 cm³/mol. The molecule has 0 unspecified atom stereocenters. The zero-order valence-corrected chi connectivity index (χ0v) is 12.2. The lowest BCUT2D eigenvalue weighted by molar-refractivity contribution is 0.409. The summed E-state index contributed by atoms with van der Waals surface area (Å²) in [6.45, 7) is 11.6. The van der Waals surface area contributed by atoms with E-state index < -0.39 is 0 Å². The molecule has 0 heterocycles. The summed E-state index contributed by atoms with van der Waals surface area (Å²) in [4.78, 5) is 0. The third-order valence-electron chi connectivity index (χ3n) is 2.50. The molecule has 0 fully saturated rings. The maximum Gasteiger partial charge on any atom is 0.170 e. The number of hydrogen-bond acceptors (Lipinski definition) is 1. The van der Waals surface area contributed by atoms with E-state index in [1.165, 1.54) is 11.1 Å². The number of benzene rings is 1. The maximum absolute atomic E-state index is 5.30. The van der Waals surface area contributed by atoms with E-state index in [0.717, 1.165) is 12.2 Å². The Kier molecular flexibility index (Phi) is 4.52. The Morgan fingerprint density at radius 2 is 1.71 bits per heavy atom. The van der Waals surface area contributed by atoms with Crippen LogP contribution in [0.4, 0.5) is 5.69 Å². The number of nitrogens with one attached hydrogen (secondary N) is 2. The first-order chi connectivity index (χ1) is 7.79. The Morgan fingerprint density at radius 3 is 2.18 bits per heavy atom. The van der Waals surface area contributed by atoms with E-state index >= 15 is 0 Å². The Hall–Kier alpha value is -1.09. The topological polar surface area (TPSA) is 24.1 Å². The van der Waals surface area contributed by atoms with E-state index in [-0.39, 0.29) is 5.41 Å². The summed E-state index contributed by atoms with van der Waals surface area (Å²) in [5.41, 5.74) is 3.76. The molecule has 0 aliphatic rings. The van der Waals surface area contributed by atoms with Crippen LogP contribution in [0, 0.1) is 19.3 Å². The number of rotatable bonds is 2. The van der Waals surface area contributed by atoms with Crippen molar-refractivity contribution in [1.29, 1.82) is 0 Å². The first-order valence-corrected chi connectivity index (χ1v) is 6.31. The first-order valence-electron chi connectivity index (χ1n) is 5.91. The van der Waals surface area contributed by atoms with Gasteiger partial charge in [-0.2, -0.15) is 0 Å². The molecule has 94 valence electrons. The second kappa shape index (κ2) is 5.50. The Balaban J connectivity index is 2.63. The van der Waals surface area contributed by atoms with E-state index in [1.807, 2.05) is 0 Å². The molecule has 1 aromatic carbocycles. The summed E-state index contributed by atoms with van der Waals surface area (Å²) in [5, 5.41) is 7.21. The molecule has 1 aromatic rings. The SMILES string of the molecule is Cc1cccc(C)c1NC(=S)NCC(C)(C)C. The van der Waals surface area contributed by atoms with Gasteiger partial charge in [-0.3, -0.25) is 0 Å². The van der Waals surface area contributed by atoms with Gasteiger partial charge >= 0.3 is 0 Å². The van der Waals surface area contributed by atoms with Gasteiger partial charge in [0.15, 0.2) is 5.11 Å². The summed E-state index contributed by atoms with van der Waals surface area (Å²) in [6, 6.07) is 6.23. The van der Waals surface area contributed by atoms with Gasteiger partial charge in [0, 0.05) is 12.2 Å². The summed E-state index contributed by atoms with van der Waals surface area (Å²) in [7, 11) is 0. The van der Waals surface area contributed by atoms with Gasteiger partial charge in [0.2, 0.25) is 0 Å². The van der Waals surface area contributed by atoms with Gasteiger partial charge in [0.05, 0.1) is 0 Å². The summed E-state index contributed by atoms with van der Waals surface area (Å²) < 4.78 is 0. The fourth-order valence-electron chi connectivity index (χ4n) is 1.51. The molecule has 0 radical (unpaired) electrons. The lowest BCUT2D eigenvalue weighted by atomic mass is 9.97. The monoisotopic (exact) mass is 250 g/mol. The lowest BCUT2D eigenvalue weighted by Crippen LogP contribution is -2.35. The molecule has 1 rings (SSSR count). The highest BCUT2D eigenvalue weighted by Gasteiger charge is 2.11. The molecule has 2 nitrogen and oxygen atoms in total. The second-order valence-corrected chi connectivity index (χ2v) is 6.04. The number of aryl methyl sites for hydroxylation is 2. The fraction of sp³-hybridized carbons (Fsp3) is 0.500. The van der Waals surface area contributed by atoms with Crippen molar-refractivity contribution in [2.24, 2.45) is 5.41 Å². The Morgan fingerprint density at radius 1 is 1.18 bits per heavy atom. The normalized spacial score (nSPS) is 11.1. The zero-order chi connectivity index (χ0) is 13.1. The van der Waals surface area contributed by atoms with E-state index in [4.69, 9.17) is 12.2 Å². The molecule has 0 amide bonds. The van der Waals surface area contributed by atoms with Crippen molar-refractivity contribution in [2.75, 3.05) is 11.9 Å². The van der Waals surface area contributed by atoms with Crippen LogP contribution in [-0.2, 0) is 0 Å². The van der Waals surface area contributed by atoms with E-state index in [2.05, 4.69) is 63.5 Å². The number of hydrogen-bond donors (Lipinski definition) is 2. The number of thiocarbonyl (C=S) groups is 1. The largest absolute Gasteiger partial charge is 0.362 e. The molecule has 0 aromatic heterocycles. The van der Waals surface area contributed by atoms with Gasteiger partial charge in [-0.05, 0) is 42.6 Å². The Bertz CT molecular complexity index is 385. The van der Waals surface area contributed by atoms with Crippen molar-refractivity contribution in [1.82, 2.24) is 5.32 Å². The standard InChI is InChI=1S/C14H22N2S/c1-10-7-6-8-11(2)12(10)16-13(17)15-9-14(3,4)5/h6-8H,9H2,1-5H3,(H2,15,16,17). The average Bonchev–Trinajstić information content (AvgIpc) is 2.20. The number of anilines is 1. The van der Waals surface area contributed by atoms with Crippen molar-refractivity contribution in [3.05, 3.63) is 29.3 Å². The molecular weight excluding hydrogens is 228 g/mol. The minimum atomic E-state index is 0.229. The van der Waals surface area contributed by atoms with Crippen molar-refractivity contribution < 1.29 is 0 Å². The zero-order valence-electron chi connectivity index (χ0n) is 11.3. The smallest absolute Gasteiger partial charge is 0.170 e. The Labute approximate surface area is 110 Å². The molecule has 3 heteroatoms. The quantitative estimate of drug-likeness (QED) is 0.784. The first kappa shape index (κ1) is 14.0. The minimum absolute atomic E-state index is 0.229. The van der Waals surface area contributed by atoms with Gasteiger partial charge in [-0.1, -0.05) is 39.0 Å². The summed E-state index contributed by atoms with van der Waals surface area (Å²) in [5.74, 6) is 0. The highest BCUT2D eigenvalue weighted by molar-refractivity contribution is 7.80. The lowest BCUT2D eigenvalue weighted by Gasteiger charge is -2.21. The van der Waals surface area contributed by atoms with Crippen LogP contribution in [0.2, 0.25) is 0 Å². The van der Waals surface area contributed by atoms with Crippen LogP contribution in [0.3, 0.4) is 0 Å². The molecule has 0 bridgehead atoms. The van der Waals surface area contributed by atoms with E-state index in [0.29, 0.717) is 5.11 Å². The molecule has 0 aliphatic heterocycles. The van der Waals surface area contributed by atoms with Gasteiger partial charge in [0.1, 0.15) is 0 Å². The fourth-order valence-corrected chi connectivity index (χ4v) is 1.69. The van der Waals surface area contributed by atoms with E-state index in [1.54, 1.807) is 0 Å². The van der Waals surface area contributed by atoms with E-state index in [9.17, 15) is 0 Å². The second-order valence-electron chi connectivity index (χ2n) is 5.64. The minimum Gasteiger partial charge on any atom is -0.362 e. The molecule has 2 N–H and O–H groups in total. The summed E-state index contributed by atoms with van der Waals surface area (Å²) >= 11 is 5.30. The molecule has 0 aliphatic carbocycles. The van der Waals surface area contributed by atoms with Crippen molar-refractivity contribution in [2.45, 2.75) is 34.6 Å². The van der Waals surface area contributed by atoms with Crippen LogP contribution in [0.25, 0.3) is 0 Å². The van der Waals surface area contributed by atoms with Crippen LogP contribution in [0.1, 0.15) is 31.9 Å². The summed E-state index contributed by atoms with van der Waals surface area (Å²) in [6.07, 6.45) is 0. The van der Waals surface area contributed by atoms with Crippen LogP contribution in [0.15, 0.2) is 18.2 Å². The number of para-hydroxylation sites is 1. The van der Waals surface area contributed by atoms with Crippen LogP contribution >= 0.6 is 12.2 Å². The third-order valence-corrected chi connectivity index (χ3v) is 2.75. The average molecular weight is 250 g/mol. The van der Waals surface area contributed by atoms with Crippen molar-refractivity contribution in [3.8, 4) is 0 Å². The molecule has 0 atom stereocenters. The van der Waals surface area contributed by atoms with Gasteiger partial charge in [0.25, 0.3) is 0 Å². The highest BCUT2D eigenvalue weighted by Crippen LogP contribution is 2.19. The molecule has 0 saturated heterocycles. The van der Waals surface area contributed by atoms with Gasteiger partial charge in [-0.25, -0.2) is 0 Å². The molecule has 0 saturated carbocycles. The molecule has 17 heavy (non-hydrogen) atoms. The third kappa shape index (κ3) is 4.73. The van der Waals surface area contributed by atoms with Crippen molar-refractivity contribution in [3.63, 3.8) is 0 Å². The van der Waals surface area contributed by atoms with Gasteiger partial charge in [-0.15, -0.1) is 0 Å². The molecule has 0 spiro atoms. The van der Waals surface area contributed by atoms with Crippen LogP contribution in [0.5, 0.6) is 0 Å². The van der Waals surface area contributed by atoms with Crippen LogP contribution in [-0.4, -0.2) is 11.7 Å². The van der Waals surface area contributed by atoms with Gasteiger partial charge < -0.3 is 10.6 Å². The molecular formula is C14H22N2S.